The Hall–Kier alpha value is -2.70. The first-order valence-corrected chi connectivity index (χ1v) is 6.55. The van der Waals surface area contributed by atoms with Gasteiger partial charge in [-0.1, -0.05) is 0 Å². The molecule has 0 aliphatic heterocycles. The lowest BCUT2D eigenvalue weighted by molar-refractivity contribution is -0.144. The summed E-state index contributed by atoms with van der Waals surface area (Å²) in [5, 5.41) is 9.24. The van der Waals surface area contributed by atoms with Gasteiger partial charge < -0.3 is 10.1 Å². The number of amides is 1. The second-order valence-corrected chi connectivity index (χ2v) is 4.36. The molecular formula is C14H16N4O3. The minimum absolute atomic E-state index is 0.269. The van der Waals surface area contributed by atoms with Crippen molar-refractivity contribution in [2.75, 3.05) is 6.61 Å². The number of ether oxygens (including phenoxy) is 1. The van der Waals surface area contributed by atoms with E-state index >= 15 is 0 Å². The van der Waals surface area contributed by atoms with E-state index in [2.05, 4.69) is 20.5 Å². The third-order valence-electron chi connectivity index (χ3n) is 2.77. The standard InChI is InChI=1S/C14H16N4O3/c1-3-21-14(20)9(2)16-13(19)12-7-11(17-18-12)10-5-4-6-15-8-10/h4-9H,3H2,1-2H3,(H,16,19)(H,17,18)/t9-/m1/s1. The second-order valence-electron chi connectivity index (χ2n) is 4.36. The molecule has 0 radical (unpaired) electrons. The van der Waals surface area contributed by atoms with Crippen LogP contribution >= 0.6 is 0 Å². The van der Waals surface area contributed by atoms with Crippen molar-refractivity contribution >= 4 is 11.9 Å². The monoisotopic (exact) mass is 288 g/mol. The summed E-state index contributed by atoms with van der Waals surface area (Å²) in [6, 6.07) is 4.51. The number of hydrogen-bond donors (Lipinski definition) is 2. The van der Waals surface area contributed by atoms with E-state index in [9.17, 15) is 9.59 Å². The van der Waals surface area contributed by atoms with E-state index in [1.807, 2.05) is 6.07 Å². The predicted octanol–water partition coefficient (Wildman–Crippen LogP) is 1.15. The van der Waals surface area contributed by atoms with E-state index in [0.717, 1.165) is 5.56 Å². The Labute approximate surface area is 121 Å². The highest BCUT2D eigenvalue weighted by Crippen LogP contribution is 2.15. The first kappa shape index (κ1) is 14.7. The van der Waals surface area contributed by atoms with E-state index in [1.54, 1.807) is 38.4 Å². The van der Waals surface area contributed by atoms with Crippen LogP contribution in [0.2, 0.25) is 0 Å². The number of nitrogens with zero attached hydrogens (tertiary/aromatic N) is 2. The highest BCUT2D eigenvalue weighted by Gasteiger charge is 2.19. The first-order chi connectivity index (χ1) is 10.1. The van der Waals surface area contributed by atoms with Crippen LogP contribution in [0.15, 0.2) is 30.6 Å². The van der Waals surface area contributed by atoms with Gasteiger partial charge in [-0.15, -0.1) is 0 Å². The molecule has 2 aromatic rings. The van der Waals surface area contributed by atoms with Crippen molar-refractivity contribution in [3.63, 3.8) is 0 Å². The SMILES string of the molecule is CCOC(=O)[C@@H](C)NC(=O)c1cc(-c2cccnc2)n[nH]1. The topological polar surface area (TPSA) is 97.0 Å². The van der Waals surface area contributed by atoms with Crippen LogP contribution in [0.25, 0.3) is 11.3 Å². The van der Waals surface area contributed by atoms with Gasteiger partial charge in [0.25, 0.3) is 5.91 Å². The number of carbonyl (C=O) groups is 2. The number of hydrogen-bond acceptors (Lipinski definition) is 5. The van der Waals surface area contributed by atoms with Gasteiger partial charge in [0.05, 0.1) is 12.3 Å². The van der Waals surface area contributed by atoms with Gasteiger partial charge in [0.2, 0.25) is 0 Å². The molecule has 21 heavy (non-hydrogen) atoms. The van der Waals surface area contributed by atoms with E-state index in [0.29, 0.717) is 5.69 Å². The van der Waals surface area contributed by atoms with Crippen molar-refractivity contribution in [3.05, 3.63) is 36.3 Å². The van der Waals surface area contributed by atoms with Crippen LogP contribution in [-0.4, -0.2) is 39.7 Å². The zero-order valence-corrected chi connectivity index (χ0v) is 11.8. The fourth-order valence-electron chi connectivity index (χ4n) is 1.70. The Balaban J connectivity index is 2.04. The zero-order chi connectivity index (χ0) is 15.2. The molecule has 2 aromatic heterocycles. The summed E-state index contributed by atoms with van der Waals surface area (Å²) in [6.07, 6.45) is 3.31. The summed E-state index contributed by atoms with van der Waals surface area (Å²) < 4.78 is 4.83. The Kier molecular flexibility index (Phi) is 4.65. The van der Waals surface area contributed by atoms with Gasteiger partial charge in [0.1, 0.15) is 11.7 Å². The van der Waals surface area contributed by atoms with Crippen molar-refractivity contribution < 1.29 is 14.3 Å². The number of nitrogens with one attached hydrogen (secondary N) is 2. The Morgan fingerprint density at radius 3 is 2.95 bits per heavy atom. The maximum Gasteiger partial charge on any atom is 0.328 e. The fraction of sp³-hybridized carbons (Fsp3) is 0.286. The molecule has 0 aliphatic rings. The minimum Gasteiger partial charge on any atom is -0.464 e. The predicted molar refractivity (Wildman–Crippen MR) is 75.4 cm³/mol. The van der Waals surface area contributed by atoms with Crippen LogP contribution in [0.3, 0.4) is 0 Å². The number of rotatable bonds is 5. The number of aromatic amines is 1. The molecule has 0 aromatic carbocycles. The number of H-pyrrole nitrogens is 1. The van der Waals surface area contributed by atoms with Crippen LogP contribution in [0, 0.1) is 0 Å². The Bertz CT molecular complexity index is 624. The molecule has 0 aliphatic carbocycles. The zero-order valence-electron chi connectivity index (χ0n) is 11.8. The molecule has 2 rings (SSSR count). The van der Waals surface area contributed by atoms with Crippen LogP contribution in [0.5, 0.6) is 0 Å². The summed E-state index contributed by atoms with van der Waals surface area (Å²) in [5.74, 6) is -0.893. The molecule has 1 atom stereocenters. The van der Waals surface area contributed by atoms with Gasteiger partial charge in [-0.05, 0) is 32.0 Å². The molecule has 0 unspecified atom stereocenters. The van der Waals surface area contributed by atoms with Crippen LogP contribution in [0.4, 0.5) is 0 Å². The average molecular weight is 288 g/mol. The molecule has 1 amide bonds. The van der Waals surface area contributed by atoms with Gasteiger partial charge in [-0.3, -0.25) is 14.9 Å². The van der Waals surface area contributed by atoms with Crippen molar-refractivity contribution in [1.82, 2.24) is 20.5 Å². The molecule has 2 heterocycles. The quantitative estimate of drug-likeness (QED) is 0.804. The van der Waals surface area contributed by atoms with Gasteiger partial charge >= 0.3 is 5.97 Å². The van der Waals surface area contributed by atoms with Gasteiger partial charge in [-0.2, -0.15) is 5.10 Å². The number of carbonyl (C=O) groups excluding carboxylic acids is 2. The maximum atomic E-state index is 12.0. The second kappa shape index (κ2) is 6.65. The lowest BCUT2D eigenvalue weighted by Crippen LogP contribution is -2.39. The molecule has 0 saturated heterocycles. The van der Waals surface area contributed by atoms with Crippen molar-refractivity contribution in [2.24, 2.45) is 0 Å². The number of esters is 1. The molecule has 2 N–H and O–H groups in total. The number of pyridine rings is 1. The number of aromatic nitrogens is 3. The van der Waals surface area contributed by atoms with E-state index in [-0.39, 0.29) is 12.3 Å². The Morgan fingerprint density at radius 2 is 2.29 bits per heavy atom. The highest BCUT2D eigenvalue weighted by atomic mass is 16.5. The van der Waals surface area contributed by atoms with Crippen molar-refractivity contribution in [3.8, 4) is 11.3 Å². The minimum atomic E-state index is -0.720. The first-order valence-electron chi connectivity index (χ1n) is 6.55. The van der Waals surface area contributed by atoms with E-state index in [4.69, 9.17) is 4.74 Å². The smallest absolute Gasteiger partial charge is 0.328 e. The molecule has 0 spiro atoms. The molecule has 0 fully saturated rings. The molecular weight excluding hydrogens is 272 g/mol. The fourth-order valence-corrected chi connectivity index (χ4v) is 1.70. The average Bonchev–Trinajstić information content (AvgIpc) is 2.98. The molecule has 110 valence electrons. The van der Waals surface area contributed by atoms with Crippen LogP contribution < -0.4 is 5.32 Å². The maximum absolute atomic E-state index is 12.0. The van der Waals surface area contributed by atoms with Crippen molar-refractivity contribution in [1.29, 1.82) is 0 Å². The normalized spacial score (nSPS) is 11.7. The van der Waals surface area contributed by atoms with Gasteiger partial charge in [0.15, 0.2) is 0 Å². The van der Waals surface area contributed by atoms with Crippen LogP contribution in [-0.2, 0) is 9.53 Å². The molecule has 0 saturated carbocycles. The molecule has 7 nitrogen and oxygen atoms in total. The largest absolute Gasteiger partial charge is 0.464 e. The van der Waals surface area contributed by atoms with Crippen LogP contribution in [0.1, 0.15) is 24.3 Å². The van der Waals surface area contributed by atoms with Crippen molar-refractivity contribution in [2.45, 2.75) is 19.9 Å². The summed E-state index contributed by atoms with van der Waals surface area (Å²) in [6.45, 7) is 3.55. The van der Waals surface area contributed by atoms with E-state index < -0.39 is 17.9 Å². The third kappa shape index (κ3) is 3.65. The Morgan fingerprint density at radius 1 is 1.48 bits per heavy atom. The lowest BCUT2D eigenvalue weighted by atomic mass is 10.2. The van der Waals surface area contributed by atoms with Gasteiger partial charge in [-0.25, -0.2) is 4.79 Å². The molecule has 0 bridgehead atoms. The summed E-state index contributed by atoms with van der Waals surface area (Å²) in [7, 11) is 0. The third-order valence-corrected chi connectivity index (χ3v) is 2.77. The summed E-state index contributed by atoms with van der Waals surface area (Å²) in [4.78, 5) is 27.5. The van der Waals surface area contributed by atoms with E-state index in [1.165, 1.54) is 0 Å². The molecule has 7 heteroatoms. The summed E-state index contributed by atoms with van der Waals surface area (Å²) in [5.41, 5.74) is 1.67. The lowest BCUT2D eigenvalue weighted by Gasteiger charge is -2.11. The summed E-state index contributed by atoms with van der Waals surface area (Å²) >= 11 is 0. The highest BCUT2D eigenvalue weighted by molar-refractivity contribution is 5.95. The van der Waals surface area contributed by atoms with Gasteiger partial charge in [0, 0.05) is 18.0 Å².